The van der Waals surface area contributed by atoms with Gasteiger partial charge in [0.25, 0.3) is 5.91 Å². The molecule has 0 aliphatic carbocycles. The van der Waals surface area contributed by atoms with Crippen molar-refractivity contribution in [1.29, 1.82) is 0 Å². The molecule has 3 heterocycles. The Balaban J connectivity index is 1.54. The zero-order valence-corrected chi connectivity index (χ0v) is 13.2. The van der Waals surface area contributed by atoms with Gasteiger partial charge in [-0.2, -0.15) is 5.10 Å². The summed E-state index contributed by atoms with van der Waals surface area (Å²) < 4.78 is 1.88. The van der Waals surface area contributed by atoms with Crippen LogP contribution < -0.4 is 0 Å². The quantitative estimate of drug-likeness (QED) is 0.936. The third-order valence-electron chi connectivity index (χ3n) is 4.44. The summed E-state index contributed by atoms with van der Waals surface area (Å²) >= 11 is 0. The molecule has 1 amide bonds. The Morgan fingerprint density at radius 2 is 2.18 bits per heavy atom. The maximum atomic E-state index is 12.5. The van der Waals surface area contributed by atoms with Gasteiger partial charge in [0.15, 0.2) is 0 Å². The molecule has 0 atom stereocenters. The molecule has 0 unspecified atom stereocenters. The number of aryl methyl sites for hydroxylation is 2. The molecular formula is C16H23N5O. The normalized spacial score (nSPS) is 16.2. The molecule has 2 aromatic heterocycles. The van der Waals surface area contributed by atoms with Gasteiger partial charge in [0, 0.05) is 39.2 Å². The van der Waals surface area contributed by atoms with Gasteiger partial charge in [0.05, 0.1) is 0 Å². The number of aromatic nitrogens is 4. The molecule has 1 aliphatic rings. The van der Waals surface area contributed by atoms with E-state index in [4.69, 9.17) is 0 Å². The van der Waals surface area contributed by atoms with Crippen molar-refractivity contribution >= 4 is 5.91 Å². The fourth-order valence-electron chi connectivity index (χ4n) is 3.04. The first-order valence-corrected chi connectivity index (χ1v) is 7.98. The minimum Gasteiger partial charge on any atom is -0.347 e. The molecular weight excluding hydrogens is 278 g/mol. The summed E-state index contributed by atoms with van der Waals surface area (Å²) in [5.74, 6) is 2.57. The summed E-state index contributed by atoms with van der Waals surface area (Å²) in [6, 6.07) is 3.80. The van der Waals surface area contributed by atoms with Gasteiger partial charge in [-0.1, -0.05) is 6.92 Å². The number of carbonyl (C=O) groups excluding carboxylic acids is 1. The van der Waals surface area contributed by atoms with E-state index in [1.807, 2.05) is 34.8 Å². The van der Waals surface area contributed by atoms with Crippen molar-refractivity contribution in [1.82, 2.24) is 24.6 Å². The maximum Gasteiger partial charge on any atom is 0.270 e. The number of nitrogens with zero attached hydrogens (tertiary/aromatic N) is 4. The average Bonchev–Trinajstić information content (AvgIpc) is 3.16. The van der Waals surface area contributed by atoms with E-state index in [1.54, 1.807) is 0 Å². The van der Waals surface area contributed by atoms with Gasteiger partial charge in [-0.3, -0.25) is 9.89 Å². The van der Waals surface area contributed by atoms with Crippen LogP contribution in [-0.4, -0.2) is 43.6 Å². The zero-order valence-electron chi connectivity index (χ0n) is 13.2. The van der Waals surface area contributed by atoms with Crippen LogP contribution >= 0.6 is 0 Å². The van der Waals surface area contributed by atoms with Crippen LogP contribution in [0.3, 0.4) is 0 Å². The Labute approximate surface area is 130 Å². The van der Waals surface area contributed by atoms with Crippen LogP contribution in [0.25, 0.3) is 0 Å². The van der Waals surface area contributed by atoms with Gasteiger partial charge < -0.3 is 9.47 Å². The molecule has 1 fully saturated rings. The molecule has 118 valence electrons. The molecule has 1 N–H and O–H groups in total. The lowest BCUT2D eigenvalue weighted by molar-refractivity contribution is 0.0680. The zero-order chi connectivity index (χ0) is 15.5. The van der Waals surface area contributed by atoms with E-state index in [0.29, 0.717) is 5.92 Å². The van der Waals surface area contributed by atoms with Crippen molar-refractivity contribution < 1.29 is 4.79 Å². The third-order valence-corrected chi connectivity index (χ3v) is 4.44. The first-order valence-electron chi connectivity index (χ1n) is 7.98. The molecule has 1 aliphatic heterocycles. The maximum absolute atomic E-state index is 12.5. The Morgan fingerprint density at radius 1 is 1.41 bits per heavy atom. The van der Waals surface area contributed by atoms with E-state index < -0.39 is 0 Å². The number of nitrogens with one attached hydrogen (secondary N) is 1. The molecule has 1 saturated heterocycles. The predicted molar refractivity (Wildman–Crippen MR) is 83.5 cm³/mol. The number of likely N-dealkylation sites (tertiary alicyclic amines) is 1. The molecule has 0 saturated carbocycles. The molecule has 2 aromatic rings. The highest BCUT2D eigenvalue weighted by Gasteiger charge is 2.25. The fraction of sp³-hybridized carbons (Fsp3) is 0.562. The Morgan fingerprint density at radius 3 is 2.77 bits per heavy atom. The van der Waals surface area contributed by atoms with E-state index in [2.05, 4.69) is 22.1 Å². The van der Waals surface area contributed by atoms with Crippen LogP contribution in [-0.2, 0) is 19.9 Å². The highest BCUT2D eigenvalue weighted by molar-refractivity contribution is 5.92. The van der Waals surface area contributed by atoms with E-state index in [9.17, 15) is 4.79 Å². The summed E-state index contributed by atoms with van der Waals surface area (Å²) in [6.45, 7) is 3.70. The van der Waals surface area contributed by atoms with Crippen LogP contribution in [0.2, 0.25) is 0 Å². The standard InChI is InChI=1S/C16H23N5O/c1-3-14-17-15(19-18-14)11-12-6-9-21(10-7-12)16(22)13-5-4-8-20(13)2/h4-5,8,12H,3,6-7,9-11H2,1-2H3,(H,17,18,19). The molecule has 0 spiro atoms. The number of aromatic amines is 1. The second kappa shape index (κ2) is 6.34. The van der Waals surface area contributed by atoms with Crippen LogP contribution in [0.4, 0.5) is 0 Å². The van der Waals surface area contributed by atoms with Crippen LogP contribution in [0, 0.1) is 5.92 Å². The molecule has 0 aromatic carbocycles. The fourth-order valence-corrected chi connectivity index (χ4v) is 3.04. The first-order chi connectivity index (χ1) is 10.7. The van der Waals surface area contributed by atoms with E-state index in [-0.39, 0.29) is 5.91 Å². The topological polar surface area (TPSA) is 66.8 Å². The molecule has 6 nitrogen and oxygen atoms in total. The SMILES string of the molecule is CCc1n[nH]c(CC2CCN(C(=O)c3cccn3C)CC2)n1. The van der Waals surface area contributed by atoms with Crippen molar-refractivity contribution in [2.75, 3.05) is 13.1 Å². The smallest absolute Gasteiger partial charge is 0.270 e. The van der Waals surface area contributed by atoms with Crippen LogP contribution in [0.5, 0.6) is 0 Å². The Kier molecular flexibility index (Phi) is 4.27. The molecule has 22 heavy (non-hydrogen) atoms. The van der Waals surface area contributed by atoms with Gasteiger partial charge in [-0.05, 0) is 30.9 Å². The van der Waals surface area contributed by atoms with Gasteiger partial charge >= 0.3 is 0 Å². The Bertz CT molecular complexity index is 637. The van der Waals surface area contributed by atoms with Crippen molar-refractivity contribution in [2.24, 2.45) is 13.0 Å². The third kappa shape index (κ3) is 3.05. The van der Waals surface area contributed by atoms with Crippen molar-refractivity contribution in [3.05, 3.63) is 35.7 Å². The van der Waals surface area contributed by atoms with Crippen molar-refractivity contribution in [3.8, 4) is 0 Å². The molecule has 3 rings (SSSR count). The second-order valence-corrected chi connectivity index (χ2v) is 6.00. The predicted octanol–water partition coefficient (Wildman–Crippen LogP) is 1.80. The highest BCUT2D eigenvalue weighted by atomic mass is 16.2. The summed E-state index contributed by atoms with van der Waals surface area (Å²) in [5.41, 5.74) is 0.765. The summed E-state index contributed by atoms with van der Waals surface area (Å²) in [4.78, 5) is 18.9. The minimum absolute atomic E-state index is 0.138. The Hall–Kier alpha value is -2.11. The number of carbonyl (C=O) groups is 1. The lowest BCUT2D eigenvalue weighted by Crippen LogP contribution is -2.39. The highest BCUT2D eigenvalue weighted by Crippen LogP contribution is 2.21. The number of hydrogen-bond donors (Lipinski definition) is 1. The lowest BCUT2D eigenvalue weighted by atomic mass is 9.93. The van der Waals surface area contributed by atoms with E-state index >= 15 is 0 Å². The van der Waals surface area contributed by atoms with Gasteiger partial charge in [-0.15, -0.1) is 0 Å². The minimum atomic E-state index is 0.138. The summed E-state index contributed by atoms with van der Waals surface area (Å²) in [7, 11) is 1.91. The van der Waals surface area contributed by atoms with Gasteiger partial charge in [0.1, 0.15) is 17.3 Å². The number of hydrogen-bond acceptors (Lipinski definition) is 3. The largest absolute Gasteiger partial charge is 0.347 e. The lowest BCUT2D eigenvalue weighted by Gasteiger charge is -2.31. The second-order valence-electron chi connectivity index (χ2n) is 6.00. The number of amides is 1. The van der Waals surface area contributed by atoms with E-state index in [0.717, 1.165) is 56.1 Å². The average molecular weight is 301 g/mol. The first kappa shape index (κ1) is 14.8. The van der Waals surface area contributed by atoms with Gasteiger partial charge in [-0.25, -0.2) is 4.98 Å². The number of piperidine rings is 1. The van der Waals surface area contributed by atoms with Crippen LogP contribution in [0.1, 0.15) is 41.9 Å². The van der Waals surface area contributed by atoms with Crippen molar-refractivity contribution in [3.63, 3.8) is 0 Å². The summed E-state index contributed by atoms with van der Waals surface area (Å²) in [5, 5.41) is 7.21. The monoisotopic (exact) mass is 301 g/mol. The summed E-state index contributed by atoms with van der Waals surface area (Å²) in [6.07, 6.45) is 5.76. The van der Waals surface area contributed by atoms with Crippen LogP contribution in [0.15, 0.2) is 18.3 Å². The molecule has 0 radical (unpaired) electrons. The molecule has 0 bridgehead atoms. The number of rotatable bonds is 4. The molecule has 6 heteroatoms. The van der Waals surface area contributed by atoms with E-state index in [1.165, 1.54) is 0 Å². The number of H-pyrrole nitrogens is 1. The van der Waals surface area contributed by atoms with Gasteiger partial charge in [0.2, 0.25) is 0 Å². The van der Waals surface area contributed by atoms with Crippen molar-refractivity contribution in [2.45, 2.75) is 32.6 Å².